The van der Waals surface area contributed by atoms with Gasteiger partial charge in [-0.1, -0.05) is 6.92 Å². The van der Waals surface area contributed by atoms with Crippen LogP contribution in [0.5, 0.6) is 0 Å². The molecule has 0 saturated carbocycles. The number of rotatable bonds is 2. The molecule has 1 saturated heterocycles. The zero-order valence-corrected chi connectivity index (χ0v) is 10.1. The predicted molar refractivity (Wildman–Crippen MR) is 57.7 cm³/mol. The molecular weight excluding hydrogens is 207 g/mol. The minimum absolute atomic E-state index is 0.00194. The topological polar surface area (TPSA) is 9.23 Å². The van der Waals surface area contributed by atoms with Gasteiger partial charge >= 0.3 is 0 Å². The van der Waals surface area contributed by atoms with E-state index in [1.165, 1.54) is 0 Å². The van der Waals surface area contributed by atoms with Crippen molar-refractivity contribution in [3.8, 4) is 0 Å². The second-order valence-electron chi connectivity index (χ2n) is 4.76. The second-order valence-corrected chi connectivity index (χ2v) is 5.30. The van der Waals surface area contributed by atoms with Crippen molar-refractivity contribution in [1.82, 2.24) is 0 Å². The highest BCUT2D eigenvalue weighted by Gasteiger charge is 2.42. The molecule has 0 aliphatic carbocycles. The molecule has 3 heteroatoms. The van der Waals surface area contributed by atoms with Crippen LogP contribution in [-0.2, 0) is 4.74 Å². The Kier molecular flexibility index (Phi) is 3.54. The molecule has 78 valence electrons. The molecule has 1 fully saturated rings. The number of alkyl halides is 2. The van der Waals surface area contributed by atoms with Crippen LogP contribution in [0.1, 0.15) is 27.2 Å². The molecule has 0 radical (unpaired) electrons. The number of ether oxygens (including phenoxy) is 1. The predicted octanol–water partition coefficient (Wildman–Crippen LogP) is 3.29. The molecule has 1 unspecified atom stereocenters. The van der Waals surface area contributed by atoms with E-state index in [1.807, 2.05) is 0 Å². The first-order valence-electron chi connectivity index (χ1n) is 4.72. The van der Waals surface area contributed by atoms with Crippen molar-refractivity contribution in [2.75, 3.05) is 18.4 Å². The lowest BCUT2D eigenvalue weighted by molar-refractivity contribution is -0.134. The van der Waals surface area contributed by atoms with E-state index in [0.29, 0.717) is 24.3 Å². The third-order valence-corrected chi connectivity index (χ3v) is 4.38. The fourth-order valence-electron chi connectivity index (χ4n) is 1.66. The van der Waals surface area contributed by atoms with Gasteiger partial charge in [0.2, 0.25) is 0 Å². The third kappa shape index (κ3) is 2.31. The van der Waals surface area contributed by atoms with Gasteiger partial charge in [0.25, 0.3) is 0 Å². The largest absolute Gasteiger partial charge is 0.375 e. The molecule has 0 N–H and O–H groups in total. The van der Waals surface area contributed by atoms with Gasteiger partial charge in [-0.15, -0.1) is 23.2 Å². The zero-order chi connectivity index (χ0) is 10.1. The Morgan fingerprint density at radius 1 is 1.31 bits per heavy atom. The summed E-state index contributed by atoms with van der Waals surface area (Å²) >= 11 is 11.9. The maximum absolute atomic E-state index is 5.93. The normalized spacial score (nSPS) is 31.6. The highest BCUT2D eigenvalue weighted by molar-refractivity contribution is 6.21. The van der Waals surface area contributed by atoms with Gasteiger partial charge in [0, 0.05) is 17.2 Å². The van der Waals surface area contributed by atoms with Crippen LogP contribution in [0.25, 0.3) is 0 Å². The Morgan fingerprint density at radius 3 is 2.23 bits per heavy atom. The zero-order valence-electron chi connectivity index (χ0n) is 8.57. The standard InChI is InChI=1S/C10H18Cl2O/c1-8-4-10(5-11,6-12)7-13-9(8,2)3/h8H,4-7H2,1-3H3. The molecule has 0 aromatic rings. The monoisotopic (exact) mass is 224 g/mol. The van der Waals surface area contributed by atoms with Gasteiger partial charge in [-0.3, -0.25) is 0 Å². The van der Waals surface area contributed by atoms with Crippen LogP contribution in [0.15, 0.2) is 0 Å². The first-order chi connectivity index (χ1) is 5.96. The van der Waals surface area contributed by atoms with Crippen molar-refractivity contribution < 1.29 is 4.74 Å². The van der Waals surface area contributed by atoms with Crippen molar-refractivity contribution >= 4 is 23.2 Å². The highest BCUT2D eigenvalue weighted by atomic mass is 35.5. The van der Waals surface area contributed by atoms with E-state index in [9.17, 15) is 0 Å². The van der Waals surface area contributed by atoms with Crippen LogP contribution >= 0.6 is 23.2 Å². The molecule has 1 nitrogen and oxygen atoms in total. The Hall–Kier alpha value is 0.540. The molecule has 1 aliphatic heterocycles. The van der Waals surface area contributed by atoms with Crippen LogP contribution in [0.2, 0.25) is 0 Å². The minimum Gasteiger partial charge on any atom is -0.375 e. The number of halogens is 2. The first-order valence-corrected chi connectivity index (χ1v) is 5.78. The van der Waals surface area contributed by atoms with Gasteiger partial charge in [0.15, 0.2) is 0 Å². The summed E-state index contributed by atoms with van der Waals surface area (Å²) in [6.07, 6.45) is 1.06. The van der Waals surface area contributed by atoms with E-state index in [0.717, 1.165) is 6.42 Å². The van der Waals surface area contributed by atoms with E-state index >= 15 is 0 Å². The summed E-state index contributed by atoms with van der Waals surface area (Å²) < 4.78 is 5.81. The van der Waals surface area contributed by atoms with E-state index in [1.54, 1.807) is 0 Å². The molecule has 0 spiro atoms. The SMILES string of the molecule is CC1CC(CCl)(CCl)COC1(C)C. The van der Waals surface area contributed by atoms with Crippen LogP contribution < -0.4 is 0 Å². The van der Waals surface area contributed by atoms with E-state index in [-0.39, 0.29) is 11.0 Å². The summed E-state index contributed by atoms with van der Waals surface area (Å²) in [4.78, 5) is 0. The van der Waals surface area contributed by atoms with Gasteiger partial charge in [0.1, 0.15) is 0 Å². The molecule has 1 aliphatic rings. The van der Waals surface area contributed by atoms with Crippen LogP contribution in [0.3, 0.4) is 0 Å². The summed E-state index contributed by atoms with van der Waals surface area (Å²) in [7, 11) is 0. The molecule has 13 heavy (non-hydrogen) atoms. The molecule has 0 amide bonds. The first kappa shape index (κ1) is 11.6. The average molecular weight is 225 g/mol. The maximum atomic E-state index is 5.93. The van der Waals surface area contributed by atoms with Crippen molar-refractivity contribution in [3.05, 3.63) is 0 Å². The Morgan fingerprint density at radius 2 is 1.85 bits per heavy atom. The highest BCUT2D eigenvalue weighted by Crippen LogP contribution is 2.41. The summed E-state index contributed by atoms with van der Waals surface area (Å²) in [5.41, 5.74) is -0.0281. The molecule has 1 heterocycles. The van der Waals surface area contributed by atoms with Crippen LogP contribution in [0.4, 0.5) is 0 Å². The van der Waals surface area contributed by atoms with Crippen LogP contribution in [0, 0.1) is 11.3 Å². The molecule has 1 atom stereocenters. The second kappa shape index (κ2) is 3.96. The Labute approximate surface area is 90.7 Å². The number of hydrogen-bond acceptors (Lipinski definition) is 1. The Balaban J connectivity index is 2.68. The van der Waals surface area contributed by atoms with Gasteiger partial charge < -0.3 is 4.74 Å². The molecule has 0 aromatic carbocycles. The Bertz CT molecular complexity index is 176. The lowest BCUT2D eigenvalue weighted by Gasteiger charge is -2.46. The molecule has 0 aromatic heterocycles. The summed E-state index contributed by atoms with van der Waals surface area (Å²) in [6.45, 7) is 7.15. The molecular formula is C10H18Cl2O. The van der Waals surface area contributed by atoms with Crippen LogP contribution in [-0.4, -0.2) is 24.0 Å². The van der Waals surface area contributed by atoms with Gasteiger partial charge in [0.05, 0.1) is 12.2 Å². The molecule has 0 bridgehead atoms. The average Bonchev–Trinajstić information content (AvgIpc) is 2.11. The smallest absolute Gasteiger partial charge is 0.0652 e. The van der Waals surface area contributed by atoms with Crippen molar-refractivity contribution in [1.29, 1.82) is 0 Å². The molecule has 1 rings (SSSR count). The summed E-state index contributed by atoms with van der Waals surface area (Å²) in [5, 5.41) is 0. The van der Waals surface area contributed by atoms with E-state index in [2.05, 4.69) is 20.8 Å². The summed E-state index contributed by atoms with van der Waals surface area (Å²) in [6, 6.07) is 0. The fraction of sp³-hybridized carbons (Fsp3) is 1.00. The quantitative estimate of drug-likeness (QED) is 0.655. The van der Waals surface area contributed by atoms with E-state index < -0.39 is 0 Å². The maximum Gasteiger partial charge on any atom is 0.0652 e. The third-order valence-electron chi connectivity index (χ3n) is 3.24. The fourth-order valence-corrected chi connectivity index (χ4v) is 2.32. The summed E-state index contributed by atoms with van der Waals surface area (Å²) in [5.74, 6) is 1.70. The van der Waals surface area contributed by atoms with Crippen molar-refractivity contribution in [3.63, 3.8) is 0 Å². The van der Waals surface area contributed by atoms with E-state index in [4.69, 9.17) is 27.9 Å². The van der Waals surface area contributed by atoms with Crippen molar-refractivity contribution in [2.45, 2.75) is 32.8 Å². The van der Waals surface area contributed by atoms with Gasteiger partial charge in [-0.05, 0) is 26.2 Å². The minimum atomic E-state index is -0.0262. The number of hydrogen-bond donors (Lipinski definition) is 0. The van der Waals surface area contributed by atoms with Crippen molar-refractivity contribution in [2.24, 2.45) is 11.3 Å². The van der Waals surface area contributed by atoms with Gasteiger partial charge in [-0.25, -0.2) is 0 Å². The lowest BCUT2D eigenvalue weighted by Crippen LogP contribution is -2.48. The van der Waals surface area contributed by atoms with Gasteiger partial charge in [-0.2, -0.15) is 0 Å². The lowest BCUT2D eigenvalue weighted by atomic mass is 9.74.